The van der Waals surface area contributed by atoms with Crippen molar-refractivity contribution < 1.29 is 32.3 Å². The predicted molar refractivity (Wildman–Crippen MR) is 119 cm³/mol. The molecule has 1 aromatic rings. The van der Waals surface area contributed by atoms with Gasteiger partial charge in [0.05, 0.1) is 17.9 Å². The van der Waals surface area contributed by atoms with Crippen LogP contribution >= 0.6 is 0 Å². The van der Waals surface area contributed by atoms with Crippen molar-refractivity contribution in [1.29, 1.82) is 0 Å². The molecule has 3 rings (SSSR count). The van der Waals surface area contributed by atoms with Gasteiger partial charge in [-0.3, -0.25) is 14.9 Å². The van der Waals surface area contributed by atoms with Crippen LogP contribution in [0.5, 0.6) is 5.75 Å². The molecule has 33 heavy (non-hydrogen) atoms. The zero-order chi connectivity index (χ0) is 24.0. The number of benzene rings is 1. The number of nitrogens with zero attached hydrogens (tertiary/aromatic N) is 1. The Bertz CT molecular complexity index is 959. The van der Waals surface area contributed by atoms with Crippen molar-refractivity contribution in [2.24, 2.45) is 5.92 Å². The summed E-state index contributed by atoms with van der Waals surface area (Å²) in [5, 5.41) is 4.93. The van der Waals surface area contributed by atoms with E-state index in [2.05, 4.69) is 10.6 Å². The second kappa shape index (κ2) is 11.0. The third-order valence-corrected chi connectivity index (χ3v) is 7.88. The number of methoxy groups -OCH3 is 1. The van der Waals surface area contributed by atoms with E-state index in [0.29, 0.717) is 18.6 Å². The zero-order valence-corrected chi connectivity index (χ0v) is 19.7. The Morgan fingerprint density at radius 3 is 2.36 bits per heavy atom. The number of amides is 3. The van der Waals surface area contributed by atoms with E-state index in [1.165, 1.54) is 30.5 Å². The molecular formula is C22H31N3O7S. The maximum Gasteiger partial charge on any atom is 0.321 e. The number of carbonyl (C=O) groups excluding carboxylic acids is 3. The van der Waals surface area contributed by atoms with Gasteiger partial charge in [0.1, 0.15) is 5.75 Å². The number of hydrogen-bond donors (Lipinski definition) is 2. The van der Waals surface area contributed by atoms with Crippen LogP contribution < -0.4 is 15.4 Å². The van der Waals surface area contributed by atoms with E-state index in [-0.39, 0.29) is 24.0 Å². The smallest absolute Gasteiger partial charge is 0.321 e. The third-order valence-electron chi connectivity index (χ3n) is 6.00. The number of carbonyl (C=O) groups is 3. The van der Waals surface area contributed by atoms with Crippen LogP contribution in [0.2, 0.25) is 0 Å². The molecule has 10 nitrogen and oxygen atoms in total. The van der Waals surface area contributed by atoms with Gasteiger partial charge >= 0.3 is 12.0 Å². The maximum absolute atomic E-state index is 13.0. The Morgan fingerprint density at radius 2 is 1.73 bits per heavy atom. The Morgan fingerprint density at radius 1 is 1.06 bits per heavy atom. The Kier molecular flexibility index (Phi) is 8.30. The monoisotopic (exact) mass is 481 g/mol. The van der Waals surface area contributed by atoms with Crippen molar-refractivity contribution in [2.75, 3.05) is 20.2 Å². The second-order valence-electron chi connectivity index (χ2n) is 8.40. The SMILES string of the molecule is COc1ccc(S(=O)(=O)N2CCCC(C(=O)OC(C)C(=O)NC(=O)NC3CCCC3)C2)cc1. The number of nitrogens with one attached hydrogen (secondary N) is 2. The summed E-state index contributed by atoms with van der Waals surface area (Å²) in [5.74, 6) is -1.55. The average Bonchev–Trinajstić information content (AvgIpc) is 3.31. The lowest BCUT2D eigenvalue weighted by molar-refractivity contribution is -0.159. The van der Waals surface area contributed by atoms with Crippen LogP contribution in [0.3, 0.4) is 0 Å². The number of hydrogen-bond acceptors (Lipinski definition) is 7. The third kappa shape index (κ3) is 6.44. The van der Waals surface area contributed by atoms with Crippen LogP contribution in [0.4, 0.5) is 4.79 Å². The van der Waals surface area contributed by atoms with E-state index in [9.17, 15) is 22.8 Å². The summed E-state index contributed by atoms with van der Waals surface area (Å²) in [6.07, 6.45) is 3.59. The molecule has 1 aliphatic heterocycles. The van der Waals surface area contributed by atoms with Crippen molar-refractivity contribution >= 4 is 27.9 Å². The van der Waals surface area contributed by atoms with Gasteiger partial charge in [-0.15, -0.1) is 0 Å². The molecule has 1 saturated heterocycles. The van der Waals surface area contributed by atoms with Crippen molar-refractivity contribution in [3.8, 4) is 5.75 Å². The minimum Gasteiger partial charge on any atom is -0.497 e. The second-order valence-corrected chi connectivity index (χ2v) is 10.3. The highest BCUT2D eigenvalue weighted by Crippen LogP contribution is 2.26. The van der Waals surface area contributed by atoms with Crippen molar-refractivity contribution in [1.82, 2.24) is 14.9 Å². The predicted octanol–water partition coefficient (Wildman–Crippen LogP) is 1.80. The lowest BCUT2D eigenvalue weighted by Crippen LogP contribution is -2.48. The van der Waals surface area contributed by atoms with Crippen LogP contribution in [-0.4, -0.2) is 63.0 Å². The van der Waals surface area contributed by atoms with Gasteiger partial charge in [-0.1, -0.05) is 12.8 Å². The fourth-order valence-corrected chi connectivity index (χ4v) is 5.60. The standard InChI is InChI=1S/C22H31N3O7S/c1-15(20(26)24-22(28)23-17-7-3-4-8-17)32-21(27)16-6-5-13-25(14-16)33(29,30)19-11-9-18(31-2)10-12-19/h9-12,15-17H,3-8,13-14H2,1-2H3,(H2,23,24,26,28). The number of rotatable bonds is 7. The molecule has 0 radical (unpaired) electrons. The zero-order valence-electron chi connectivity index (χ0n) is 18.9. The number of urea groups is 1. The number of ether oxygens (including phenoxy) is 2. The molecule has 1 saturated carbocycles. The molecule has 1 aliphatic carbocycles. The number of esters is 1. The van der Waals surface area contributed by atoms with Crippen LogP contribution in [0.1, 0.15) is 45.4 Å². The Balaban J connectivity index is 1.53. The van der Waals surface area contributed by atoms with Gasteiger partial charge in [0, 0.05) is 19.1 Å². The molecule has 2 atom stereocenters. The van der Waals surface area contributed by atoms with E-state index in [4.69, 9.17) is 9.47 Å². The first-order chi connectivity index (χ1) is 15.7. The molecule has 2 unspecified atom stereocenters. The molecule has 0 aromatic heterocycles. The summed E-state index contributed by atoms with van der Waals surface area (Å²) in [5.41, 5.74) is 0. The fourth-order valence-electron chi connectivity index (χ4n) is 4.08. The summed E-state index contributed by atoms with van der Waals surface area (Å²) < 4.78 is 37.5. The highest BCUT2D eigenvalue weighted by atomic mass is 32.2. The first kappa shape index (κ1) is 25.0. The minimum atomic E-state index is -3.79. The Labute approximate surface area is 194 Å². The van der Waals surface area contributed by atoms with Crippen LogP contribution in [0, 0.1) is 5.92 Å². The molecule has 2 aliphatic rings. The van der Waals surface area contributed by atoms with E-state index in [1.807, 2.05) is 0 Å². The summed E-state index contributed by atoms with van der Waals surface area (Å²) in [6.45, 7) is 1.63. The summed E-state index contributed by atoms with van der Waals surface area (Å²) in [4.78, 5) is 36.9. The van der Waals surface area contributed by atoms with Crippen molar-refractivity contribution in [2.45, 2.75) is 62.5 Å². The first-order valence-corrected chi connectivity index (χ1v) is 12.6. The summed E-state index contributed by atoms with van der Waals surface area (Å²) >= 11 is 0. The van der Waals surface area contributed by atoms with Gasteiger partial charge in [0.15, 0.2) is 6.10 Å². The normalized spacial score (nSPS) is 20.6. The van der Waals surface area contributed by atoms with E-state index in [1.54, 1.807) is 12.1 Å². The topological polar surface area (TPSA) is 131 Å². The average molecular weight is 482 g/mol. The van der Waals surface area contributed by atoms with Gasteiger partial charge in [0.25, 0.3) is 5.91 Å². The van der Waals surface area contributed by atoms with E-state index in [0.717, 1.165) is 25.7 Å². The summed E-state index contributed by atoms with van der Waals surface area (Å²) in [6, 6.07) is 5.48. The highest BCUT2D eigenvalue weighted by Gasteiger charge is 2.35. The quantitative estimate of drug-likeness (QED) is 0.568. The van der Waals surface area contributed by atoms with Crippen LogP contribution in [-0.2, 0) is 24.3 Å². The largest absolute Gasteiger partial charge is 0.497 e. The maximum atomic E-state index is 13.0. The summed E-state index contributed by atoms with van der Waals surface area (Å²) in [7, 11) is -2.29. The first-order valence-electron chi connectivity index (χ1n) is 11.2. The van der Waals surface area contributed by atoms with Crippen LogP contribution in [0.25, 0.3) is 0 Å². The minimum absolute atomic E-state index is 0.0380. The molecule has 1 aromatic carbocycles. The molecule has 2 fully saturated rings. The van der Waals surface area contributed by atoms with Gasteiger partial charge in [-0.25, -0.2) is 13.2 Å². The number of sulfonamides is 1. The van der Waals surface area contributed by atoms with Gasteiger partial charge in [0.2, 0.25) is 10.0 Å². The molecule has 3 amide bonds. The lowest BCUT2D eigenvalue weighted by atomic mass is 10.00. The molecule has 1 heterocycles. The van der Waals surface area contributed by atoms with Crippen LogP contribution in [0.15, 0.2) is 29.2 Å². The fraction of sp³-hybridized carbons (Fsp3) is 0.591. The van der Waals surface area contributed by atoms with Crippen molar-refractivity contribution in [3.63, 3.8) is 0 Å². The van der Waals surface area contributed by atoms with Gasteiger partial charge in [-0.2, -0.15) is 4.31 Å². The van der Waals surface area contributed by atoms with Gasteiger partial charge < -0.3 is 14.8 Å². The lowest BCUT2D eigenvalue weighted by Gasteiger charge is -2.31. The number of imide groups is 1. The number of piperidine rings is 1. The van der Waals surface area contributed by atoms with Crippen molar-refractivity contribution in [3.05, 3.63) is 24.3 Å². The molecule has 11 heteroatoms. The molecule has 2 N–H and O–H groups in total. The Hall–Kier alpha value is -2.66. The van der Waals surface area contributed by atoms with Gasteiger partial charge in [-0.05, 0) is 56.9 Å². The molecule has 0 spiro atoms. The molecular weight excluding hydrogens is 450 g/mol. The molecule has 182 valence electrons. The van der Waals surface area contributed by atoms with E-state index >= 15 is 0 Å². The van der Waals surface area contributed by atoms with E-state index < -0.39 is 40.0 Å². The highest BCUT2D eigenvalue weighted by molar-refractivity contribution is 7.89. The molecule has 0 bridgehead atoms.